The number of carbonyl (C=O) groups excluding carboxylic acids is 12. The maximum atomic E-state index is 15.2. The molecule has 12 amide bonds. The number of carboxylic acids is 1. The Hall–Kier alpha value is -7.32. The molecule has 0 spiro atoms. The minimum atomic E-state index is -1.78. The number of piperidine rings is 1. The number of thioether (sulfide) groups is 2. The highest BCUT2D eigenvalue weighted by Crippen LogP contribution is 2.34. The number of hydrogen-bond acceptors (Lipinski definition) is 22. The van der Waals surface area contributed by atoms with Gasteiger partial charge in [-0.25, -0.2) is 4.39 Å². The van der Waals surface area contributed by atoms with Crippen LogP contribution in [-0.2, 0) is 73.8 Å². The van der Waals surface area contributed by atoms with Crippen LogP contribution in [-0.4, -0.2) is 250 Å². The fraction of sp³-hybridized carbons (Fsp3) is 0.756. The summed E-state index contributed by atoms with van der Waals surface area (Å²) < 4.78 is 14.7. The van der Waals surface area contributed by atoms with Crippen molar-refractivity contribution in [3.05, 3.63) is 35.4 Å². The number of halogens is 1. The minimum absolute atomic E-state index is 0.00448. The lowest BCUT2D eigenvalue weighted by Crippen LogP contribution is -2.63. The Bertz CT molecular complexity index is 3410. The Balaban J connectivity index is 1.24. The molecule has 114 heavy (non-hydrogen) atoms. The first-order valence-corrected chi connectivity index (χ1v) is 43.1. The van der Waals surface area contributed by atoms with Crippen LogP contribution in [0.2, 0.25) is 0 Å². The number of primary amides is 1. The van der Waals surface area contributed by atoms with Crippen molar-refractivity contribution in [2.45, 2.75) is 298 Å². The summed E-state index contributed by atoms with van der Waals surface area (Å²) in [7, 11) is 1.27. The Labute approximate surface area is 676 Å². The number of nitrogens with two attached hydrogens (primary N) is 1. The second kappa shape index (κ2) is 46.0. The van der Waals surface area contributed by atoms with Crippen molar-refractivity contribution in [2.24, 2.45) is 34.8 Å². The molecule has 0 radical (unpaired) electrons. The first-order valence-electron chi connectivity index (χ1n) is 40.8. The lowest BCUT2D eigenvalue weighted by atomic mass is 9.82. The highest BCUT2D eigenvalue weighted by Gasteiger charge is 2.45. The van der Waals surface area contributed by atoms with Crippen molar-refractivity contribution in [1.82, 2.24) is 79.3 Å². The van der Waals surface area contributed by atoms with E-state index in [4.69, 9.17) is 5.73 Å². The van der Waals surface area contributed by atoms with Crippen molar-refractivity contribution in [3.63, 3.8) is 0 Å². The fourth-order valence-corrected chi connectivity index (χ4v) is 17.8. The topological polar surface area (TPSA) is 501 Å². The van der Waals surface area contributed by atoms with Gasteiger partial charge in [-0.2, -0.15) is 23.5 Å². The number of fused-ring (bicyclic) bond motifs is 3. The molecule has 33 nitrogen and oxygen atoms in total. The summed E-state index contributed by atoms with van der Waals surface area (Å²) in [5, 5.41) is 83.7. The van der Waals surface area contributed by atoms with Gasteiger partial charge in [-0.05, 0) is 176 Å². The molecular formula is C78H127FN16O17S2. The van der Waals surface area contributed by atoms with Crippen LogP contribution in [0.5, 0.6) is 0 Å². The van der Waals surface area contributed by atoms with Crippen molar-refractivity contribution < 1.29 is 87.1 Å². The van der Waals surface area contributed by atoms with Crippen LogP contribution in [0.25, 0.3) is 0 Å². The zero-order valence-corrected chi connectivity index (χ0v) is 68.9. The van der Waals surface area contributed by atoms with Crippen LogP contribution >= 0.6 is 23.5 Å². The second-order valence-corrected chi connectivity index (χ2v) is 35.1. The van der Waals surface area contributed by atoms with E-state index < -0.39 is 192 Å². The number of aliphatic hydroxyl groups is 3. The molecule has 2 aliphatic carbocycles. The number of carbonyl (C=O) groups is 13. The number of nitrogens with one attached hydrogen (secondary N) is 14. The molecule has 4 aliphatic heterocycles. The van der Waals surface area contributed by atoms with Crippen molar-refractivity contribution in [1.29, 1.82) is 0 Å². The Morgan fingerprint density at radius 1 is 0.596 bits per heavy atom. The smallest absolute Gasteiger partial charge is 0.303 e. The van der Waals surface area contributed by atoms with Gasteiger partial charge in [0.25, 0.3) is 0 Å². The van der Waals surface area contributed by atoms with Crippen molar-refractivity contribution in [3.8, 4) is 0 Å². The van der Waals surface area contributed by atoms with Crippen LogP contribution in [0.3, 0.4) is 0 Å². The van der Waals surface area contributed by atoms with Crippen LogP contribution in [0.4, 0.5) is 4.39 Å². The number of benzene rings is 1. The summed E-state index contributed by atoms with van der Waals surface area (Å²) in [6.45, 7) is 13.1. The molecule has 6 aliphatic rings. The Morgan fingerprint density at radius 2 is 1.12 bits per heavy atom. The molecule has 36 heteroatoms. The van der Waals surface area contributed by atoms with Crippen molar-refractivity contribution in [2.75, 3.05) is 44.9 Å². The summed E-state index contributed by atoms with van der Waals surface area (Å²) in [4.78, 5) is 189. The first-order chi connectivity index (χ1) is 54.1. The van der Waals surface area contributed by atoms with Gasteiger partial charge in [-0.15, -0.1) is 0 Å². The molecular weight excluding hydrogens is 1520 g/mol. The number of carboxylic acid groups (broad SMARTS) is 1. The zero-order valence-electron chi connectivity index (χ0n) is 67.3. The van der Waals surface area contributed by atoms with Gasteiger partial charge in [0.1, 0.15) is 72.6 Å². The van der Waals surface area contributed by atoms with Gasteiger partial charge in [0, 0.05) is 62.2 Å². The summed E-state index contributed by atoms with van der Waals surface area (Å²) in [5.41, 5.74) is 6.67. The van der Waals surface area contributed by atoms with Crippen LogP contribution in [0.1, 0.15) is 194 Å². The molecule has 5 fully saturated rings. The van der Waals surface area contributed by atoms with E-state index in [1.54, 1.807) is 34.6 Å². The van der Waals surface area contributed by atoms with E-state index in [0.717, 1.165) is 35.4 Å². The van der Waals surface area contributed by atoms with E-state index in [1.807, 2.05) is 24.3 Å². The molecule has 4 unspecified atom stereocenters. The molecule has 20 N–H and O–H groups in total. The minimum Gasteiger partial charge on any atom is -0.481 e. The van der Waals surface area contributed by atoms with Gasteiger partial charge in [-0.1, -0.05) is 71.7 Å². The van der Waals surface area contributed by atoms with E-state index in [2.05, 4.69) is 74.4 Å². The monoisotopic (exact) mass is 1640 g/mol. The molecule has 2 bridgehead atoms. The number of alkyl halides is 1. The van der Waals surface area contributed by atoms with E-state index in [0.29, 0.717) is 75.5 Å². The molecule has 1 aromatic rings. The number of likely N-dealkylation sites (N-methyl/N-ethyl adjacent to an activating group) is 1. The molecule has 1 aromatic carbocycles. The zero-order chi connectivity index (χ0) is 83.5. The molecule has 640 valence electrons. The van der Waals surface area contributed by atoms with E-state index in [-0.39, 0.29) is 106 Å². The van der Waals surface area contributed by atoms with Crippen LogP contribution < -0.4 is 80.2 Å². The third-order valence-corrected chi connectivity index (χ3v) is 24.7. The van der Waals surface area contributed by atoms with Gasteiger partial charge in [-0.3, -0.25) is 62.3 Å². The average molecular weight is 1640 g/mol. The Kier molecular flexibility index (Phi) is 37.9. The number of hydrogen-bond donors (Lipinski definition) is 19. The van der Waals surface area contributed by atoms with Gasteiger partial charge in [0.15, 0.2) is 0 Å². The largest absolute Gasteiger partial charge is 0.481 e. The summed E-state index contributed by atoms with van der Waals surface area (Å²) in [6.07, 6.45) is -1.42. The van der Waals surface area contributed by atoms with E-state index in [9.17, 15) is 63.2 Å². The number of aliphatic hydroxyl groups excluding tert-OH is 3. The number of amides is 12. The number of aliphatic carboxylic acids is 1. The highest BCUT2D eigenvalue weighted by molar-refractivity contribution is 7.98. The molecule has 17 atom stereocenters. The molecule has 7 rings (SSSR count). The third kappa shape index (κ3) is 29.4. The first kappa shape index (κ1) is 93.8. The van der Waals surface area contributed by atoms with Crippen molar-refractivity contribution >= 4 is 100 Å². The van der Waals surface area contributed by atoms with Gasteiger partial charge in [0.2, 0.25) is 70.9 Å². The van der Waals surface area contributed by atoms with Gasteiger partial charge < -0.3 is 105 Å². The number of nitrogens with zero attached hydrogens (tertiary/aromatic N) is 1. The van der Waals surface area contributed by atoms with E-state index in [1.165, 1.54) is 44.4 Å². The SMILES string of the molecule is CCC[C@@H]1NC(=O)[C@H](CC2CNC3NCCCC23)NC(=O)[C@H]([C@@H](C)O)NC(=O)[C@H](CC2CNCN2)NC(=O)[C@H](CC2CCC(O)CC2)NC(=O)[C@H](C(C)(C)C)NC(=O)CCSCc2cccc(c2)CSC[C@@H](C(N)=O)NC(=O)[C@H]([C@@H](C)O)NC(=O)[C@H](CCC)NC(=O)[C@H](CC2CCC(F)CC2)N(C)C(=O)[C@H](CCC(=O)O)NC1=O. The standard InChI is InChI=1S/C78H127FN16O17S2/c1-9-13-53-68(103)87-55(26-27-62(100)101)77(112)95(8)60(33-45-18-22-49(79)23-19-45)73(108)86-54(14-10-2)69(104)93-64(43(4)97)75(110)91-59(66(80)102)40-114-39-47-16-11-15-46(31-47)38-113-30-28-61(99)92-65(78(5,6)7)76(111)90-56(32-44-20-24-51(98)25-21-44)70(105)88-58(35-50-37-81-41-84-50)72(107)94-63(42(3)96)74(109)89-57(71(106)85-53)34-48-36-83-67-52(48)17-12-29-82-67/h11,15-16,31,42-45,48-60,63-65,67,81-84,96-98H,9-10,12-14,17-30,32-41H2,1-8H3,(H2,80,102)(H,85,106)(H,86,108)(H,87,103)(H,88,105)(H,89,109)(H,90,111)(H,91,110)(H,92,99)(H,93,104)(H,94,107)(H,100,101)/t42-,43-,44?,45?,48?,49?,50?,51?,52?,53+,54+,55+,56+,57+,58+,59+,60+,63+,64+,65-,67?/m1/s1. The predicted octanol–water partition coefficient (Wildman–Crippen LogP) is -0.307. The lowest BCUT2D eigenvalue weighted by molar-refractivity contribution is -0.144. The highest BCUT2D eigenvalue weighted by atomic mass is 32.2. The average Bonchev–Trinajstić information content (AvgIpc) is 1.51. The fourth-order valence-electron chi connectivity index (χ4n) is 15.9. The maximum Gasteiger partial charge on any atom is 0.303 e. The van der Waals surface area contributed by atoms with E-state index >= 15 is 24.0 Å². The summed E-state index contributed by atoms with van der Waals surface area (Å²) in [6, 6.07) is -8.99. The summed E-state index contributed by atoms with van der Waals surface area (Å²) >= 11 is 2.73. The van der Waals surface area contributed by atoms with Gasteiger partial charge >= 0.3 is 5.97 Å². The third-order valence-electron chi connectivity index (χ3n) is 22.6. The second-order valence-electron chi connectivity index (χ2n) is 32.9. The van der Waals surface area contributed by atoms with Crippen LogP contribution in [0, 0.1) is 29.1 Å². The number of rotatable bonds is 18. The summed E-state index contributed by atoms with van der Waals surface area (Å²) in [5.74, 6) is -11.3. The molecule has 2 saturated carbocycles. The molecule has 0 aromatic heterocycles. The quantitative estimate of drug-likeness (QED) is 0.0896. The van der Waals surface area contributed by atoms with Crippen LogP contribution in [0.15, 0.2) is 24.3 Å². The van der Waals surface area contributed by atoms with Gasteiger partial charge in [0.05, 0.1) is 24.5 Å². The maximum absolute atomic E-state index is 15.2. The molecule has 3 saturated heterocycles. The molecule has 4 heterocycles. The Morgan fingerprint density at radius 3 is 1.71 bits per heavy atom. The lowest BCUT2D eigenvalue weighted by Gasteiger charge is -2.35. The normalized spacial score (nSPS) is 32.4. The predicted molar refractivity (Wildman–Crippen MR) is 427 cm³/mol.